The normalized spacial score (nSPS) is 14.4. The molecule has 1 aromatic rings. The molecular weight excluding hydrogens is 230 g/mol. The van der Waals surface area contributed by atoms with Crippen molar-refractivity contribution in [2.45, 2.75) is 66.8 Å². The van der Waals surface area contributed by atoms with E-state index >= 15 is 0 Å². The zero-order valence-electron chi connectivity index (χ0n) is 13.6. The Kier molecular flexibility index (Phi) is 6.57. The topological polar surface area (TPSA) is 12.0 Å². The maximum Gasteiger partial charge on any atom is 0.0348 e. The summed E-state index contributed by atoms with van der Waals surface area (Å²) in [6.45, 7) is 14.7. The molecule has 0 saturated heterocycles. The molecule has 0 bridgehead atoms. The van der Waals surface area contributed by atoms with Gasteiger partial charge in [0.15, 0.2) is 0 Å². The van der Waals surface area contributed by atoms with Crippen molar-refractivity contribution in [2.24, 2.45) is 5.92 Å². The van der Waals surface area contributed by atoms with Crippen LogP contribution >= 0.6 is 0 Å². The lowest BCUT2D eigenvalue weighted by molar-refractivity contribution is 0.362. The van der Waals surface area contributed by atoms with E-state index in [9.17, 15) is 0 Å². The van der Waals surface area contributed by atoms with Gasteiger partial charge in [-0.1, -0.05) is 39.3 Å². The molecule has 19 heavy (non-hydrogen) atoms. The summed E-state index contributed by atoms with van der Waals surface area (Å²) in [7, 11) is 0. The van der Waals surface area contributed by atoms with E-state index < -0.39 is 0 Å². The van der Waals surface area contributed by atoms with Crippen LogP contribution in [0.3, 0.4) is 0 Å². The van der Waals surface area contributed by atoms with E-state index in [1.165, 1.54) is 41.5 Å². The van der Waals surface area contributed by atoms with Crippen LogP contribution in [0, 0.1) is 26.7 Å². The third-order valence-corrected chi connectivity index (χ3v) is 4.14. The van der Waals surface area contributed by atoms with Crippen molar-refractivity contribution >= 4 is 0 Å². The highest BCUT2D eigenvalue weighted by Crippen LogP contribution is 2.29. The molecule has 1 rings (SSSR count). The van der Waals surface area contributed by atoms with Crippen LogP contribution in [0.2, 0.25) is 0 Å². The van der Waals surface area contributed by atoms with Crippen LogP contribution in [0.15, 0.2) is 12.1 Å². The number of nitrogens with one attached hydrogen (secondary N) is 1. The third kappa shape index (κ3) is 4.35. The van der Waals surface area contributed by atoms with Crippen molar-refractivity contribution in [3.8, 4) is 0 Å². The summed E-state index contributed by atoms with van der Waals surface area (Å²) in [5.41, 5.74) is 5.74. The summed E-state index contributed by atoms with van der Waals surface area (Å²) in [5, 5.41) is 3.76. The SMILES string of the molecule is CCCNC(c1cc(C)c(C)cc1C)C(C)CCC. The minimum Gasteiger partial charge on any atom is -0.310 e. The van der Waals surface area contributed by atoms with Gasteiger partial charge in [0.2, 0.25) is 0 Å². The Morgan fingerprint density at radius 3 is 2.16 bits per heavy atom. The van der Waals surface area contributed by atoms with Crippen molar-refractivity contribution in [1.82, 2.24) is 5.32 Å². The van der Waals surface area contributed by atoms with Gasteiger partial charge in [-0.05, 0) is 68.3 Å². The fraction of sp³-hybridized carbons (Fsp3) is 0.667. The molecule has 0 aliphatic rings. The molecule has 1 heteroatoms. The molecule has 0 fully saturated rings. The molecule has 0 amide bonds. The van der Waals surface area contributed by atoms with Gasteiger partial charge in [-0.3, -0.25) is 0 Å². The average Bonchev–Trinajstić information content (AvgIpc) is 2.36. The van der Waals surface area contributed by atoms with Gasteiger partial charge in [-0.15, -0.1) is 0 Å². The molecule has 108 valence electrons. The van der Waals surface area contributed by atoms with Crippen LogP contribution in [0.5, 0.6) is 0 Å². The van der Waals surface area contributed by atoms with Crippen molar-refractivity contribution in [3.63, 3.8) is 0 Å². The Hall–Kier alpha value is -0.820. The largest absolute Gasteiger partial charge is 0.310 e. The van der Waals surface area contributed by atoms with E-state index in [4.69, 9.17) is 0 Å². The molecule has 0 aliphatic carbocycles. The van der Waals surface area contributed by atoms with Crippen LogP contribution in [-0.2, 0) is 0 Å². The van der Waals surface area contributed by atoms with E-state index in [0.717, 1.165) is 6.54 Å². The summed E-state index contributed by atoms with van der Waals surface area (Å²) in [4.78, 5) is 0. The first-order valence-corrected chi connectivity index (χ1v) is 7.82. The number of hydrogen-bond acceptors (Lipinski definition) is 1. The molecule has 0 aliphatic heterocycles. The van der Waals surface area contributed by atoms with Crippen LogP contribution in [0.1, 0.15) is 68.3 Å². The van der Waals surface area contributed by atoms with Gasteiger partial charge in [0, 0.05) is 6.04 Å². The van der Waals surface area contributed by atoms with Crippen LogP contribution < -0.4 is 5.32 Å². The molecule has 0 saturated carbocycles. The van der Waals surface area contributed by atoms with E-state index in [0.29, 0.717) is 12.0 Å². The first-order chi connectivity index (χ1) is 9.01. The van der Waals surface area contributed by atoms with Crippen LogP contribution in [0.25, 0.3) is 0 Å². The zero-order valence-corrected chi connectivity index (χ0v) is 13.6. The monoisotopic (exact) mass is 261 g/mol. The predicted molar refractivity (Wildman–Crippen MR) is 85.8 cm³/mol. The van der Waals surface area contributed by atoms with Gasteiger partial charge in [0.05, 0.1) is 0 Å². The van der Waals surface area contributed by atoms with Gasteiger partial charge in [0.1, 0.15) is 0 Å². The third-order valence-electron chi connectivity index (χ3n) is 4.14. The Bertz CT molecular complexity index is 395. The molecule has 0 heterocycles. The second-order valence-electron chi connectivity index (χ2n) is 5.99. The lowest BCUT2D eigenvalue weighted by Gasteiger charge is -2.28. The molecule has 1 nitrogen and oxygen atoms in total. The minimum atomic E-state index is 0.499. The van der Waals surface area contributed by atoms with Crippen molar-refractivity contribution < 1.29 is 0 Å². The summed E-state index contributed by atoms with van der Waals surface area (Å²) in [6.07, 6.45) is 3.74. The summed E-state index contributed by atoms with van der Waals surface area (Å²) >= 11 is 0. The fourth-order valence-corrected chi connectivity index (χ4v) is 2.86. The van der Waals surface area contributed by atoms with Crippen molar-refractivity contribution in [1.29, 1.82) is 0 Å². The number of rotatable bonds is 7. The molecule has 2 unspecified atom stereocenters. The molecule has 1 N–H and O–H groups in total. The molecular formula is C18H31N. The Morgan fingerprint density at radius 1 is 0.947 bits per heavy atom. The summed E-state index contributed by atoms with van der Waals surface area (Å²) in [6, 6.07) is 5.23. The van der Waals surface area contributed by atoms with Crippen molar-refractivity contribution in [2.75, 3.05) is 6.54 Å². The van der Waals surface area contributed by atoms with Crippen LogP contribution in [-0.4, -0.2) is 6.54 Å². The molecule has 0 spiro atoms. The lowest BCUT2D eigenvalue weighted by atomic mass is 9.86. The second kappa shape index (κ2) is 7.69. The average molecular weight is 261 g/mol. The lowest BCUT2D eigenvalue weighted by Crippen LogP contribution is -2.28. The van der Waals surface area contributed by atoms with E-state index in [1.807, 2.05) is 0 Å². The smallest absolute Gasteiger partial charge is 0.0348 e. The maximum absolute atomic E-state index is 3.76. The quantitative estimate of drug-likeness (QED) is 0.721. The minimum absolute atomic E-state index is 0.499. The molecule has 1 aromatic carbocycles. The van der Waals surface area contributed by atoms with Gasteiger partial charge in [-0.2, -0.15) is 0 Å². The Balaban J connectivity index is 3.05. The summed E-state index contributed by atoms with van der Waals surface area (Å²) < 4.78 is 0. The zero-order chi connectivity index (χ0) is 14.4. The molecule has 0 aromatic heterocycles. The highest BCUT2D eigenvalue weighted by Gasteiger charge is 2.20. The number of aryl methyl sites for hydroxylation is 3. The maximum atomic E-state index is 3.76. The standard InChI is InChI=1S/C18H31N/c1-7-9-13(3)18(19-10-8-2)17-12-15(5)14(4)11-16(17)6/h11-13,18-19H,7-10H2,1-6H3. The second-order valence-corrected chi connectivity index (χ2v) is 5.99. The highest BCUT2D eigenvalue weighted by molar-refractivity contribution is 5.38. The predicted octanol–water partition coefficient (Wildman–Crippen LogP) is 5.09. The molecule has 0 radical (unpaired) electrons. The van der Waals surface area contributed by atoms with Gasteiger partial charge < -0.3 is 5.32 Å². The Labute approximate surface area is 119 Å². The van der Waals surface area contributed by atoms with Gasteiger partial charge >= 0.3 is 0 Å². The van der Waals surface area contributed by atoms with E-state index in [-0.39, 0.29) is 0 Å². The van der Waals surface area contributed by atoms with E-state index in [2.05, 4.69) is 59.0 Å². The number of benzene rings is 1. The molecule has 2 atom stereocenters. The highest BCUT2D eigenvalue weighted by atomic mass is 14.9. The van der Waals surface area contributed by atoms with Gasteiger partial charge in [-0.25, -0.2) is 0 Å². The number of hydrogen-bond donors (Lipinski definition) is 1. The van der Waals surface area contributed by atoms with E-state index in [1.54, 1.807) is 0 Å². The van der Waals surface area contributed by atoms with Gasteiger partial charge in [0.25, 0.3) is 0 Å². The van der Waals surface area contributed by atoms with Crippen molar-refractivity contribution in [3.05, 3.63) is 34.4 Å². The first-order valence-electron chi connectivity index (χ1n) is 7.82. The fourth-order valence-electron chi connectivity index (χ4n) is 2.86. The Morgan fingerprint density at radius 2 is 1.58 bits per heavy atom. The first kappa shape index (κ1) is 16.2. The van der Waals surface area contributed by atoms with Crippen LogP contribution in [0.4, 0.5) is 0 Å². The summed E-state index contributed by atoms with van der Waals surface area (Å²) in [5.74, 6) is 0.692.